The summed E-state index contributed by atoms with van der Waals surface area (Å²) in [6.07, 6.45) is 0.762. The van der Waals surface area contributed by atoms with E-state index >= 15 is 0 Å². The molecule has 1 aromatic carbocycles. The molecule has 7 nitrogen and oxygen atoms in total. The van der Waals surface area contributed by atoms with Crippen LogP contribution in [0.15, 0.2) is 35.5 Å². The predicted octanol–water partition coefficient (Wildman–Crippen LogP) is 2.76. The van der Waals surface area contributed by atoms with Crippen LogP contribution in [0.5, 0.6) is 0 Å². The molecule has 27 heavy (non-hydrogen) atoms. The molecule has 0 aliphatic rings. The van der Waals surface area contributed by atoms with E-state index in [4.69, 9.17) is 4.74 Å². The molecule has 2 atom stereocenters. The van der Waals surface area contributed by atoms with Crippen LogP contribution in [0.2, 0.25) is 0 Å². The van der Waals surface area contributed by atoms with Gasteiger partial charge in [-0.25, -0.2) is 4.79 Å². The molecule has 0 unspecified atom stereocenters. The molecule has 0 bridgehead atoms. The van der Waals surface area contributed by atoms with Crippen LogP contribution in [0, 0.1) is 5.92 Å². The monoisotopic (exact) mass is 390 g/mol. The number of amides is 1. The van der Waals surface area contributed by atoms with Crippen molar-refractivity contribution >= 4 is 23.6 Å². The third kappa shape index (κ3) is 5.32. The fourth-order valence-electron chi connectivity index (χ4n) is 2.62. The minimum absolute atomic E-state index is 0.00428. The molecule has 0 saturated carbocycles. The Hall–Kier alpha value is -2.35. The number of esters is 1. The molecule has 0 fully saturated rings. The number of carbonyl (C=O) groups excluding carboxylic acids is 2. The number of aromatic nitrogens is 3. The van der Waals surface area contributed by atoms with Crippen molar-refractivity contribution in [2.45, 2.75) is 44.9 Å². The Balaban J connectivity index is 2.05. The minimum Gasteiger partial charge on any atom is -0.467 e. The zero-order valence-corrected chi connectivity index (χ0v) is 17.0. The van der Waals surface area contributed by atoms with Gasteiger partial charge in [0.2, 0.25) is 5.91 Å². The molecule has 1 heterocycles. The zero-order valence-electron chi connectivity index (χ0n) is 16.1. The summed E-state index contributed by atoms with van der Waals surface area (Å²) in [5.41, 5.74) is 0.977. The van der Waals surface area contributed by atoms with Gasteiger partial charge in [-0.05, 0) is 12.8 Å². The summed E-state index contributed by atoms with van der Waals surface area (Å²) in [7, 11) is 1.33. The molecule has 0 spiro atoms. The summed E-state index contributed by atoms with van der Waals surface area (Å²) in [5, 5.41) is 11.9. The molecule has 0 aliphatic heterocycles. The van der Waals surface area contributed by atoms with Crippen LogP contribution in [-0.2, 0) is 20.9 Å². The van der Waals surface area contributed by atoms with E-state index in [9.17, 15) is 9.59 Å². The zero-order chi connectivity index (χ0) is 19.8. The number of nitrogens with one attached hydrogen (secondary N) is 1. The Morgan fingerprint density at radius 1 is 1.22 bits per heavy atom. The molecule has 0 saturated heterocycles. The van der Waals surface area contributed by atoms with Crippen molar-refractivity contribution in [1.29, 1.82) is 0 Å². The van der Waals surface area contributed by atoms with Gasteiger partial charge in [0.15, 0.2) is 11.0 Å². The topological polar surface area (TPSA) is 86.1 Å². The average molecular weight is 391 g/mol. The first-order valence-corrected chi connectivity index (χ1v) is 9.98. The van der Waals surface area contributed by atoms with Crippen LogP contribution in [0.4, 0.5) is 0 Å². The summed E-state index contributed by atoms with van der Waals surface area (Å²) >= 11 is 1.30. The van der Waals surface area contributed by atoms with E-state index in [1.807, 2.05) is 55.7 Å². The van der Waals surface area contributed by atoms with Crippen molar-refractivity contribution in [1.82, 2.24) is 20.1 Å². The normalized spacial score (nSPS) is 13.0. The quantitative estimate of drug-likeness (QED) is 0.523. The summed E-state index contributed by atoms with van der Waals surface area (Å²) in [5.74, 6) is 0.258. The highest BCUT2D eigenvalue weighted by Crippen LogP contribution is 2.23. The van der Waals surface area contributed by atoms with E-state index in [0.717, 1.165) is 17.8 Å². The van der Waals surface area contributed by atoms with Gasteiger partial charge < -0.3 is 14.6 Å². The molecular formula is C19H26N4O3S. The number of ether oxygens (including phenoxy) is 1. The average Bonchev–Trinajstić information content (AvgIpc) is 3.12. The fraction of sp³-hybridized carbons (Fsp3) is 0.474. The van der Waals surface area contributed by atoms with Crippen molar-refractivity contribution < 1.29 is 14.3 Å². The molecule has 0 radical (unpaired) electrons. The van der Waals surface area contributed by atoms with Gasteiger partial charge in [-0.1, -0.05) is 62.4 Å². The lowest BCUT2D eigenvalue weighted by Crippen LogP contribution is -2.46. The molecule has 8 heteroatoms. The van der Waals surface area contributed by atoms with Gasteiger partial charge in [0.1, 0.15) is 6.04 Å². The largest absolute Gasteiger partial charge is 0.467 e. The van der Waals surface area contributed by atoms with Gasteiger partial charge in [-0.2, -0.15) is 0 Å². The lowest BCUT2D eigenvalue weighted by Gasteiger charge is -2.21. The van der Waals surface area contributed by atoms with Crippen molar-refractivity contribution in [3.05, 3.63) is 30.3 Å². The fourth-order valence-corrected chi connectivity index (χ4v) is 3.44. The van der Waals surface area contributed by atoms with Gasteiger partial charge in [0, 0.05) is 12.1 Å². The van der Waals surface area contributed by atoms with Gasteiger partial charge in [0.05, 0.1) is 12.9 Å². The van der Waals surface area contributed by atoms with Gasteiger partial charge in [0.25, 0.3) is 0 Å². The summed E-state index contributed by atoms with van der Waals surface area (Å²) in [6, 6.07) is 9.16. The van der Waals surface area contributed by atoms with Gasteiger partial charge in [-0.3, -0.25) is 4.79 Å². The first kappa shape index (κ1) is 21.0. The Morgan fingerprint density at radius 2 is 1.93 bits per heavy atom. The maximum absolute atomic E-state index is 12.3. The highest BCUT2D eigenvalue weighted by Gasteiger charge is 2.26. The molecule has 1 N–H and O–H groups in total. The van der Waals surface area contributed by atoms with Crippen LogP contribution in [0.25, 0.3) is 11.4 Å². The Labute approximate surface area is 163 Å². The van der Waals surface area contributed by atoms with Crippen molar-refractivity contribution in [3.63, 3.8) is 0 Å². The number of hydrogen-bond donors (Lipinski definition) is 1. The number of rotatable bonds is 9. The number of benzene rings is 1. The molecule has 1 amide bonds. The van der Waals surface area contributed by atoms with E-state index in [1.54, 1.807) is 0 Å². The summed E-state index contributed by atoms with van der Waals surface area (Å²) < 4.78 is 6.77. The highest BCUT2D eigenvalue weighted by atomic mass is 32.2. The maximum atomic E-state index is 12.3. The molecule has 2 aromatic rings. The summed E-state index contributed by atoms with van der Waals surface area (Å²) in [4.78, 5) is 24.3. The Bertz CT molecular complexity index is 764. The third-order valence-corrected chi connectivity index (χ3v) is 5.35. The molecular weight excluding hydrogens is 364 g/mol. The first-order chi connectivity index (χ1) is 13.0. The van der Waals surface area contributed by atoms with Crippen LogP contribution < -0.4 is 5.32 Å². The van der Waals surface area contributed by atoms with E-state index in [2.05, 4.69) is 15.5 Å². The Kier molecular flexibility index (Phi) is 7.84. The lowest BCUT2D eigenvalue weighted by atomic mass is 9.99. The van der Waals surface area contributed by atoms with Crippen LogP contribution in [0.3, 0.4) is 0 Å². The number of hydrogen-bond acceptors (Lipinski definition) is 6. The number of carbonyl (C=O) groups is 2. The molecule has 0 aliphatic carbocycles. The van der Waals surface area contributed by atoms with E-state index in [0.29, 0.717) is 11.7 Å². The SMILES string of the molecule is CC[C@@H](C)[C@H](NC(=O)CSc1nnc(-c2ccccc2)n1CC)C(=O)OC. The van der Waals surface area contributed by atoms with E-state index < -0.39 is 12.0 Å². The smallest absolute Gasteiger partial charge is 0.328 e. The van der Waals surface area contributed by atoms with Crippen molar-refractivity contribution in [2.75, 3.05) is 12.9 Å². The minimum atomic E-state index is -0.642. The lowest BCUT2D eigenvalue weighted by molar-refractivity contribution is -0.146. The Morgan fingerprint density at radius 3 is 2.52 bits per heavy atom. The van der Waals surface area contributed by atoms with Gasteiger partial charge >= 0.3 is 5.97 Å². The van der Waals surface area contributed by atoms with Crippen molar-refractivity contribution in [3.8, 4) is 11.4 Å². The molecule has 1 aromatic heterocycles. The third-order valence-electron chi connectivity index (χ3n) is 4.38. The number of nitrogens with zero attached hydrogens (tertiary/aromatic N) is 3. The predicted molar refractivity (Wildman–Crippen MR) is 105 cm³/mol. The second-order valence-electron chi connectivity index (χ2n) is 6.16. The highest BCUT2D eigenvalue weighted by molar-refractivity contribution is 7.99. The first-order valence-electron chi connectivity index (χ1n) is 9.00. The van der Waals surface area contributed by atoms with Crippen molar-refractivity contribution in [2.24, 2.45) is 5.92 Å². The van der Waals surface area contributed by atoms with E-state index in [1.165, 1.54) is 18.9 Å². The van der Waals surface area contributed by atoms with Gasteiger partial charge in [-0.15, -0.1) is 10.2 Å². The second-order valence-corrected chi connectivity index (χ2v) is 7.10. The van der Waals surface area contributed by atoms with E-state index in [-0.39, 0.29) is 17.6 Å². The molecule has 146 valence electrons. The standard InChI is InChI=1S/C19H26N4O3S/c1-5-13(3)16(18(25)26-4)20-15(24)12-27-19-22-21-17(23(19)6-2)14-10-8-7-9-11-14/h7-11,13,16H,5-6,12H2,1-4H3,(H,20,24)/t13-,16+/m1/s1. The molecule has 2 rings (SSSR count). The second kappa shape index (κ2) is 10.1. The van der Waals surface area contributed by atoms with Crippen LogP contribution >= 0.6 is 11.8 Å². The summed E-state index contributed by atoms with van der Waals surface area (Å²) in [6.45, 7) is 6.58. The number of thioether (sulfide) groups is 1. The van der Waals surface area contributed by atoms with Crippen LogP contribution in [-0.4, -0.2) is 45.5 Å². The number of methoxy groups -OCH3 is 1. The maximum Gasteiger partial charge on any atom is 0.328 e. The van der Waals surface area contributed by atoms with Crippen LogP contribution in [0.1, 0.15) is 27.2 Å².